The third kappa shape index (κ3) is 5.61. The van der Waals surface area contributed by atoms with Gasteiger partial charge in [0.1, 0.15) is 0 Å². The van der Waals surface area contributed by atoms with Crippen molar-refractivity contribution in [2.24, 2.45) is 0 Å². The monoisotopic (exact) mass is 450 g/mol. The summed E-state index contributed by atoms with van der Waals surface area (Å²) in [5, 5.41) is 34.4. The lowest BCUT2D eigenvalue weighted by molar-refractivity contribution is -0.384. The highest BCUT2D eigenvalue weighted by molar-refractivity contribution is 6.04. The highest BCUT2D eigenvalue weighted by Crippen LogP contribution is 2.23. The Labute approximate surface area is 186 Å². The summed E-state index contributed by atoms with van der Waals surface area (Å²) in [7, 11) is 0. The van der Waals surface area contributed by atoms with Crippen LogP contribution in [0.4, 0.5) is 27.5 Å². The quantitative estimate of drug-likeness (QED) is 0.204. The molecule has 0 heterocycles. The standard InChI is InChI=1S/C22H18N4O7/c23-18-7-1-12(10-16(18)20(27)28)9-13-2-8-19(17(11-13)21(29)30)25-22(31)24-14-3-5-15(6-4-14)26(32)33/h1-8,10-11H,9,23H2,(H,27,28)(H,29,30)(H2,24,25,31). The Kier molecular flexibility index (Phi) is 6.53. The fourth-order valence-corrected chi connectivity index (χ4v) is 3.07. The van der Waals surface area contributed by atoms with E-state index in [0.29, 0.717) is 11.1 Å². The lowest BCUT2D eigenvalue weighted by atomic mass is 9.99. The molecule has 11 heteroatoms. The van der Waals surface area contributed by atoms with Gasteiger partial charge >= 0.3 is 18.0 Å². The fraction of sp³-hybridized carbons (Fsp3) is 0.0455. The number of amides is 2. The lowest BCUT2D eigenvalue weighted by Crippen LogP contribution is -2.21. The SMILES string of the molecule is Nc1ccc(Cc2ccc(NC(=O)Nc3ccc([N+](=O)[O-])cc3)c(C(=O)O)c2)cc1C(=O)O. The van der Waals surface area contributed by atoms with Gasteiger partial charge < -0.3 is 26.6 Å². The second-order valence-corrected chi connectivity index (χ2v) is 6.97. The summed E-state index contributed by atoms with van der Waals surface area (Å²) in [6, 6.07) is 13.3. The minimum absolute atomic E-state index is 0.0363. The van der Waals surface area contributed by atoms with Gasteiger partial charge in [0.15, 0.2) is 0 Å². The van der Waals surface area contributed by atoms with Gasteiger partial charge in [0, 0.05) is 23.5 Å². The number of nitrogens with one attached hydrogen (secondary N) is 2. The highest BCUT2D eigenvalue weighted by atomic mass is 16.6. The number of carbonyl (C=O) groups is 3. The molecule has 3 aromatic carbocycles. The maximum Gasteiger partial charge on any atom is 0.337 e. The smallest absolute Gasteiger partial charge is 0.337 e. The number of hydrogen-bond acceptors (Lipinski definition) is 6. The van der Waals surface area contributed by atoms with Gasteiger partial charge in [-0.1, -0.05) is 12.1 Å². The predicted molar refractivity (Wildman–Crippen MR) is 120 cm³/mol. The number of carboxylic acids is 2. The van der Waals surface area contributed by atoms with Gasteiger partial charge in [-0.2, -0.15) is 0 Å². The molecular formula is C22H18N4O7. The first-order chi connectivity index (χ1) is 15.6. The molecule has 0 saturated heterocycles. The molecule has 3 rings (SSSR count). The number of carbonyl (C=O) groups excluding carboxylic acids is 1. The number of nitro groups is 1. The number of aromatic carboxylic acids is 2. The zero-order chi connectivity index (χ0) is 24.1. The number of carboxylic acid groups (broad SMARTS) is 2. The summed E-state index contributed by atoms with van der Waals surface area (Å²) in [5.41, 5.74) is 6.94. The van der Waals surface area contributed by atoms with Crippen LogP contribution in [-0.2, 0) is 6.42 Å². The first kappa shape index (κ1) is 22.7. The topological polar surface area (TPSA) is 185 Å². The van der Waals surface area contributed by atoms with E-state index in [1.54, 1.807) is 12.1 Å². The molecule has 0 spiro atoms. The van der Waals surface area contributed by atoms with Crippen LogP contribution < -0.4 is 16.4 Å². The van der Waals surface area contributed by atoms with Gasteiger partial charge in [0.05, 0.1) is 21.7 Å². The minimum Gasteiger partial charge on any atom is -0.478 e. The van der Waals surface area contributed by atoms with E-state index in [-0.39, 0.29) is 40.3 Å². The summed E-state index contributed by atoms with van der Waals surface area (Å²) >= 11 is 0. The van der Waals surface area contributed by atoms with Crippen molar-refractivity contribution in [1.82, 2.24) is 0 Å². The first-order valence-corrected chi connectivity index (χ1v) is 9.44. The van der Waals surface area contributed by atoms with Gasteiger partial charge in [0.25, 0.3) is 5.69 Å². The van der Waals surface area contributed by atoms with Crippen LogP contribution in [0.3, 0.4) is 0 Å². The average molecular weight is 450 g/mol. The second-order valence-electron chi connectivity index (χ2n) is 6.97. The molecule has 0 aliphatic carbocycles. The number of nitro benzene ring substituents is 1. The van der Waals surface area contributed by atoms with Gasteiger partial charge in [-0.3, -0.25) is 10.1 Å². The van der Waals surface area contributed by atoms with E-state index in [1.807, 2.05) is 0 Å². The van der Waals surface area contributed by atoms with E-state index in [4.69, 9.17) is 5.73 Å². The van der Waals surface area contributed by atoms with Crippen molar-refractivity contribution in [3.8, 4) is 0 Å². The Morgan fingerprint density at radius 2 is 1.42 bits per heavy atom. The number of nitrogens with two attached hydrogens (primary N) is 1. The number of benzene rings is 3. The number of hydrogen-bond donors (Lipinski definition) is 5. The Bertz CT molecular complexity index is 1260. The van der Waals surface area contributed by atoms with E-state index < -0.39 is 22.9 Å². The van der Waals surface area contributed by atoms with Crippen LogP contribution in [0.5, 0.6) is 0 Å². The fourth-order valence-electron chi connectivity index (χ4n) is 3.07. The predicted octanol–water partition coefficient (Wildman–Crippen LogP) is 3.81. The van der Waals surface area contributed by atoms with Crippen molar-refractivity contribution in [1.29, 1.82) is 0 Å². The number of non-ortho nitro benzene ring substituents is 1. The second kappa shape index (κ2) is 9.47. The van der Waals surface area contributed by atoms with Crippen LogP contribution in [0.15, 0.2) is 60.7 Å². The molecule has 0 bridgehead atoms. The normalized spacial score (nSPS) is 10.3. The molecule has 0 saturated carbocycles. The average Bonchev–Trinajstić information content (AvgIpc) is 2.76. The molecule has 0 radical (unpaired) electrons. The van der Waals surface area contributed by atoms with Crippen molar-refractivity contribution >= 4 is 40.7 Å². The van der Waals surface area contributed by atoms with Crippen molar-refractivity contribution < 1.29 is 29.5 Å². The molecule has 0 aliphatic rings. The van der Waals surface area contributed by atoms with Crippen LogP contribution in [0.2, 0.25) is 0 Å². The van der Waals surface area contributed by atoms with Gasteiger partial charge in [-0.05, 0) is 53.9 Å². The van der Waals surface area contributed by atoms with Crippen LogP contribution in [0, 0.1) is 10.1 Å². The molecule has 33 heavy (non-hydrogen) atoms. The Morgan fingerprint density at radius 3 is 2.00 bits per heavy atom. The highest BCUT2D eigenvalue weighted by Gasteiger charge is 2.15. The molecule has 0 atom stereocenters. The summed E-state index contributed by atoms with van der Waals surface area (Å²) in [5.74, 6) is -2.44. The van der Waals surface area contributed by atoms with E-state index in [0.717, 1.165) is 0 Å². The minimum atomic E-state index is -1.27. The molecule has 0 aromatic heterocycles. The third-order valence-electron chi connectivity index (χ3n) is 4.65. The molecule has 0 unspecified atom stereocenters. The molecule has 6 N–H and O–H groups in total. The molecule has 3 aromatic rings. The summed E-state index contributed by atoms with van der Waals surface area (Å²) < 4.78 is 0. The molecule has 0 aliphatic heterocycles. The number of anilines is 3. The van der Waals surface area contributed by atoms with Crippen molar-refractivity contribution in [2.75, 3.05) is 16.4 Å². The molecule has 168 valence electrons. The Hall–Kier alpha value is -4.93. The zero-order valence-corrected chi connectivity index (χ0v) is 16.9. The lowest BCUT2D eigenvalue weighted by Gasteiger charge is -2.12. The van der Waals surface area contributed by atoms with Crippen LogP contribution in [0.25, 0.3) is 0 Å². The number of nitrogen functional groups attached to an aromatic ring is 1. The first-order valence-electron chi connectivity index (χ1n) is 9.44. The Balaban J connectivity index is 1.76. The van der Waals surface area contributed by atoms with E-state index >= 15 is 0 Å². The third-order valence-corrected chi connectivity index (χ3v) is 4.65. The van der Waals surface area contributed by atoms with E-state index in [2.05, 4.69) is 10.6 Å². The van der Waals surface area contributed by atoms with E-state index in [9.17, 15) is 34.7 Å². The van der Waals surface area contributed by atoms with Crippen LogP contribution in [-0.4, -0.2) is 33.1 Å². The molecular weight excluding hydrogens is 432 g/mol. The summed E-state index contributed by atoms with van der Waals surface area (Å²) in [6.45, 7) is 0. The molecule has 2 amide bonds. The molecule has 0 fully saturated rings. The largest absolute Gasteiger partial charge is 0.478 e. The number of rotatable bonds is 7. The number of nitrogens with zero attached hydrogens (tertiary/aromatic N) is 1. The van der Waals surface area contributed by atoms with Crippen LogP contribution >= 0.6 is 0 Å². The maximum atomic E-state index is 12.3. The van der Waals surface area contributed by atoms with Crippen molar-refractivity contribution in [3.05, 3.63) is 93.0 Å². The van der Waals surface area contributed by atoms with Gasteiger partial charge in [-0.25, -0.2) is 14.4 Å². The summed E-state index contributed by atoms with van der Waals surface area (Å²) in [6.07, 6.45) is 0.246. The van der Waals surface area contributed by atoms with Gasteiger partial charge in [-0.15, -0.1) is 0 Å². The maximum absolute atomic E-state index is 12.3. The van der Waals surface area contributed by atoms with Crippen LogP contribution in [0.1, 0.15) is 31.8 Å². The van der Waals surface area contributed by atoms with Gasteiger partial charge in [0.2, 0.25) is 0 Å². The van der Waals surface area contributed by atoms with E-state index in [1.165, 1.54) is 48.5 Å². The molecule has 11 nitrogen and oxygen atoms in total. The Morgan fingerprint density at radius 1 is 0.848 bits per heavy atom. The van der Waals surface area contributed by atoms with Crippen molar-refractivity contribution in [2.45, 2.75) is 6.42 Å². The zero-order valence-electron chi connectivity index (χ0n) is 16.9. The van der Waals surface area contributed by atoms with Crippen molar-refractivity contribution in [3.63, 3.8) is 0 Å². The summed E-state index contributed by atoms with van der Waals surface area (Å²) in [4.78, 5) is 45.4. The number of urea groups is 1.